The molecule has 22 heavy (non-hydrogen) atoms. The zero-order chi connectivity index (χ0) is 15.5. The molecule has 0 atom stereocenters. The highest BCUT2D eigenvalue weighted by molar-refractivity contribution is 6.05. The van der Waals surface area contributed by atoms with Gasteiger partial charge in [0.25, 0.3) is 5.91 Å². The molecular formula is C17H19NO4. The van der Waals surface area contributed by atoms with Crippen molar-refractivity contribution in [3.05, 3.63) is 40.2 Å². The third-order valence-electron chi connectivity index (χ3n) is 3.90. The summed E-state index contributed by atoms with van der Waals surface area (Å²) in [4.78, 5) is 26.3. The van der Waals surface area contributed by atoms with E-state index in [0.29, 0.717) is 28.9 Å². The van der Waals surface area contributed by atoms with E-state index in [1.807, 2.05) is 11.8 Å². The van der Waals surface area contributed by atoms with Crippen LogP contribution in [0.4, 0.5) is 0 Å². The lowest BCUT2D eigenvalue weighted by molar-refractivity contribution is 0.0725. The Morgan fingerprint density at radius 2 is 2.00 bits per heavy atom. The Balaban J connectivity index is 2.04. The van der Waals surface area contributed by atoms with Crippen LogP contribution in [0.3, 0.4) is 0 Å². The van der Waals surface area contributed by atoms with Gasteiger partial charge in [0.1, 0.15) is 11.3 Å². The molecule has 5 heteroatoms. The zero-order valence-electron chi connectivity index (χ0n) is 12.6. The van der Waals surface area contributed by atoms with Crippen molar-refractivity contribution in [3.63, 3.8) is 0 Å². The molecule has 0 unspecified atom stereocenters. The fourth-order valence-electron chi connectivity index (χ4n) is 2.84. The van der Waals surface area contributed by atoms with Crippen molar-refractivity contribution in [2.24, 2.45) is 0 Å². The monoisotopic (exact) mass is 301 g/mol. The molecule has 0 radical (unpaired) electrons. The van der Waals surface area contributed by atoms with Gasteiger partial charge in [0.05, 0.1) is 12.2 Å². The fraction of sp³-hybridized carbons (Fsp3) is 0.412. The van der Waals surface area contributed by atoms with Crippen molar-refractivity contribution >= 4 is 16.9 Å². The number of likely N-dealkylation sites (tertiary alicyclic amines) is 1. The Hall–Kier alpha value is -2.30. The molecule has 1 aliphatic heterocycles. The molecule has 1 fully saturated rings. The molecule has 5 nitrogen and oxygen atoms in total. The topological polar surface area (TPSA) is 59.8 Å². The SMILES string of the molecule is CCOc1ccc2c(C(=O)N3CCCCC3)cc(=O)oc2c1. The number of hydrogen-bond acceptors (Lipinski definition) is 4. The number of fused-ring (bicyclic) bond motifs is 1. The van der Waals surface area contributed by atoms with Crippen LogP contribution in [0, 0.1) is 0 Å². The van der Waals surface area contributed by atoms with E-state index in [1.54, 1.807) is 18.2 Å². The second-order valence-corrected chi connectivity index (χ2v) is 5.42. The highest BCUT2D eigenvalue weighted by atomic mass is 16.5. The second kappa shape index (κ2) is 6.22. The predicted octanol–water partition coefficient (Wildman–Crippen LogP) is 2.82. The summed E-state index contributed by atoms with van der Waals surface area (Å²) in [6.45, 7) is 3.91. The van der Waals surface area contributed by atoms with Crippen LogP contribution in [0.5, 0.6) is 5.75 Å². The molecule has 1 saturated heterocycles. The van der Waals surface area contributed by atoms with Crippen molar-refractivity contribution in [2.45, 2.75) is 26.2 Å². The number of nitrogens with zero attached hydrogens (tertiary/aromatic N) is 1. The zero-order valence-corrected chi connectivity index (χ0v) is 12.6. The van der Waals surface area contributed by atoms with Gasteiger partial charge in [0.2, 0.25) is 0 Å². The Kier molecular flexibility index (Phi) is 4.13. The molecule has 1 aromatic carbocycles. The Morgan fingerprint density at radius 3 is 2.73 bits per heavy atom. The largest absolute Gasteiger partial charge is 0.494 e. The van der Waals surface area contributed by atoms with E-state index >= 15 is 0 Å². The molecule has 0 spiro atoms. The standard InChI is InChI=1S/C17H19NO4/c1-2-21-12-6-7-13-14(11-16(19)22-15(13)10-12)17(20)18-8-4-3-5-9-18/h6-7,10-11H,2-5,8-9H2,1H3. The van der Waals surface area contributed by atoms with E-state index in [2.05, 4.69) is 0 Å². The molecule has 2 aromatic rings. The highest BCUT2D eigenvalue weighted by Gasteiger charge is 2.21. The van der Waals surface area contributed by atoms with Crippen LogP contribution in [0.1, 0.15) is 36.5 Å². The van der Waals surface area contributed by atoms with Crippen LogP contribution in [0.25, 0.3) is 11.0 Å². The molecule has 2 heterocycles. The average molecular weight is 301 g/mol. The summed E-state index contributed by atoms with van der Waals surface area (Å²) in [6, 6.07) is 6.52. The second-order valence-electron chi connectivity index (χ2n) is 5.42. The van der Waals surface area contributed by atoms with Crippen molar-refractivity contribution in [1.29, 1.82) is 0 Å². The Bertz CT molecular complexity index is 744. The van der Waals surface area contributed by atoms with E-state index in [9.17, 15) is 9.59 Å². The van der Waals surface area contributed by atoms with E-state index < -0.39 is 5.63 Å². The minimum absolute atomic E-state index is 0.0956. The van der Waals surface area contributed by atoms with Gasteiger partial charge in [-0.3, -0.25) is 4.79 Å². The Morgan fingerprint density at radius 1 is 1.23 bits per heavy atom. The summed E-state index contributed by atoms with van der Waals surface area (Å²) in [6.07, 6.45) is 3.18. The summed E-state index contributed by atoms with van der Waals surface area (Å²) in [5.41, 5.74) is 0.288. The van der Waals surface area contributed by atoms with Crippen molar-refractivity contribution in [3.8, 4) is 5.75 Å². The van der Waals surface area contributed by atoms with Crippen LogP contribution in [-0.4, -0.2) is 30.5 Å². The van der Waals surface area contributed by atoms with Crippen LogP contribution in [-0.2, 0) is 0 Å². The molecule has 116 valence electrons. The first kappa shape index (κ1) is 14.6. The molecule has 0 aliphatic carbocycles. The van der Waals surface area contributed by atoms with Gasteiger partial charge in [-0.15, -0.1) is 0 Å². The predicted molar refractivity (Wildman–Crippen MR) is 83.4 cm³/mol. The number of ether oxygens (including phenoxy) is 1. The summed E-state index contributed by atoms with van der Waals surface area (Å²) in [5.74, 6) is 0.530. The fourth-order valence-corrected chi connectivity index (χ4v) is 2.84. The third-order valence-corrected chi connectivity index (χ3v) is 3.90. The number of amides is 1. The minimum atomic E-state index is -0.512. The van der Waals surface area contributed by atoms with Crippen LogP contribution in [0.15, 0.2) is 33.5 Å². The number of rotatable bonds is 3. The van der Waals surface area contributed by atoms with Gasteiger partial charge in [-0.05, 0) is 38.3 Å². The van der Waals surface area contributed by atoms with Gasteiger partial charge >= 0.3 is 5.63 Å². The van der Waals surface area contributed by atoms with Gasteiger partial charge in [-0.2, -0.15) is 0 Å². The normalized spacial score (nSPS) is 15.0. The van der Waals surface area contributed by atoms with E-state index in [-0.39, 0.29) is 5.91 Å². The van der Waals surface area contributed by atoms with E-state index in [1.165, 1.54) is 6.07 Å². The number of hydrogen-bond donors (Lipinski definition) is 0. The van der Waals surface area contributed by atoms with Crippen molar-refractivity contribution in [1.82, 2.24) is 4.90 Å². The molecule has 0 N–H and O–H groups in total. The van der Waals surface area contributed by atoms with E-state index in [0.717, 1.165) is 32.4 Å². The number of carbonyl (C=O) groups excluding carboxylic acids is 1. The summed E-state index contributed by atoms with van der Waals surface area (Å²) in [5, 5.41) is 0.652. The van der Waals surface area contributed by atoms with Crippen molar-refractivity contribution < 1.29 is 13.9 Å². The lowest BCUT2D eigenvalue weighted by Gasteiger charge is -2.27. The van der Waals surface area contributed by atoms with Crippen LogP contribution >= 0.6 is 0 Å². The Labute approximate surface area is 128 Å². The van der Waals surface area contributed by atoms with Gasteiger partial charge in [-0.1, -0.05) is 0 Å². The first-order chi connectivity index (χ1) is 10.7. The minimum Gasteiger partial charge on any atom is -0.494 e. The molecule has 0 bridgehead atoms. The summed E-state index contributed by atoms with van der Waals surface area (Å²) in [7, 11) is 0. The summed E-state index contributed by atoms with van der Waals surface area (Å²) < 4.78 is 10.6. The third kappa shape index (κ3) is 2.84. The molecule has 1 aliphatic rings. The lowest BCUT2D eigenvalue weighted by Crippen LogP contribution is -2.36. The van der Waals surface area contributed by atoms with Crippen LogP contribution < -0.4 is 10.4 Å². The first-order valence-corrected chi connectivity index (χ1v) is 7.69. The smallest absolute Gasteiger partial charge is 0.337 e. The molecule has 1 aromatic heterocycles. The first-order valence-electron chi connectivity index (χ1n) is 7.69. The maximum atomic E-state index is 12.7. The van der Waals surface area contributed by atoms with Crippen molar-refractivity contribution in [2.75, 3.05) is 19.7 Å². The molecule has 0 saturated carbocycles. The van der Waals surface area contributed by atoms with Crippen LogP contribution in [0.2, 0.25) is 0 Å². The number of piperidine rings is 1. The maximum absolute atomic E-state index is 12.7. The van der Waals surface area contributed by atoms with Gasteiger partial charge < -0.3 is 14.1 Å². The van der Waals surface area contributed by atoms with Gasteiger partial charge in [-0.25, -0.2) is 4.79 Å². The number of benzene rings is 1. The van der Waals surface area contributed by atoms with Gasteiger partial charge in [0.15, 0.2) is 0 Å². The lowest BCUT2D eigenvalue weighted by atomic mass is 10.1. The molecule has 3 rings (SSSR count). The van der Waals surface area contributed by atoms with Gasteiger partial charge in [0, 0.05) is 30.6 Å². The average Bonchev–Trinajstić information content (AvgIpc) is 2.54. The molecular weight excluding hydrogens is 282 g/mol. The maximum Gasteiger partial charge on any atom is 0.337 e. The van der Waals surface area contributed by atoms with E-state index in [4.69, 9.17) is 9.15 Å². The highest BCUT2D eigenvalue weighted by Crippen LogP contribution is 2.24. The number of carbonyl (C=O) groups is 1. The summed E-state index contributed by atoms with van der Waals surface area (Å²) >= 11 is 0. The quantitative estimate of drug-likeness (QED) is 0.818. The molecule has 1 amide bonds.